The van der Waals surface area contributed by atoms with Gasteiger partial charge in [-0.25, -0.2) is 9.48 Å². The molecule has 1 saturated heterocycles. The molecule has 1 amide bonds. The Kier molecular flexibility index (Phi) is 3.82. The van der Waals surface area contributed by atoms with Crippen molar-refractivity contribution in [2.24, 2.45) is 0 Å². The maximum Gasteiger partial charge on any atom is 0.332 e. The van der Waals surface area contributed by atoms with Crippen molar-refractivity contribution in [1.82, 2.24) is 25.5 Å². The Bertz CT molecular complexity index is 421. The van der Waals surface area contributed by atoms with Gasteiger partial charge in [-0.2, -0.15) is 0 Å². The SMILES string of the molecule is O=C(Cn1cnnn1)NCC1CCC(C(=O)O)O1. The summed E-state index contributed by atoms with van der Waals surface area (Å²) in [5.74, 6) is -1.21. The molecule has 2 atom stereocenters. The Morgan fingerprint density at radius 1 is 1.50 bits per heavy atom. The summed E-state index contributed by atoms with van der Waals surface area (Å²) in [6, 6.07) is 0. The first-order valence-corrected chi connectivity index (χ1v) is 5.51. The normalized spacial score (nSPS) is 22.9. The van der Waals surface area contributed by atoms with E-state index in [-0.39, 0.29) is 18.6 Å². The van der Waals surface area contributed by atoms with Crippen LogP contribution < -0.4 is 5.32 Å². The summed E-state index contributed by atoms with van der Waals surface area (Å²) in [6.45, 7) is 0.326. The molecule has 2 N–H and O–H groups in total. The summed E-state index contributed by atoms with van der Waals surface area (Å²) in [4.78, 5) is 22.1. The van der Waals surface area contributed by atoms with Crippen LogP contribution in [0, 0.1) is 0 Å². The lowest BCUT2D eigenvalue weighted by Gasteiger charge is -2.12. The molecule has 1 aromatic rings. The summed E-state index contributed by atoms with van der Waals surface area (Å²) in [6.07, 6.45) is 1.44. The van der Waals surface area contributed by atoms with Crippen LogP contribution in [-0.2, 0) is 20.9 Å². The van der Waals surface area contributed by atoms with Crippen LogP contribution in [0.2, 0.25) is 0 Å². The van der Waals surface area contributed by atoms with Crippen molar-refractivity contribution in [2.75, 3.05) is 6.54 Å². The monoisotopic (exact) mass is 255 g/mol. The van der Waals surface area contributed by atoms with Crippen molar-refractivity contribution >= 4 is 11.9 Å². The molecular formula is C9H13N5O4. The van der Waals surface area contributed by atoms with Gasteiger partial charge in [0, 0.05) is 6.54 Å². The minimum absolute atomic E-state index is 0.0298. The second-order valence-corrected chi connectivity index (χ2v) is 3.97. The van der Waals surface area contributed by atoms with Gasteiger partial charge >= 0.3 is 5.97 Å². The maximum absolute atomic E-state index is 11.5. The number of carbonyl (C=O) groups excluding carboxylic acids is 1. The molecule has 98 valence electrons. The molecule has 0 radical (unpaired) electrons. The van der Waals surface area contributed by atoms with E-state index in [1.165, 1.54) is 11.0 Å². The highest BCUT2D eigenvalue weighted by molar-refractivity contribution is 5.75. The van der Waals surface area contributed by atoms with Crippen molar-refractivity contribution in [3.8, 4) is 0 Å². The smallest absolute Gasteiger partial charge is 0.332 e. The Hall–Kier alpha value is -2.03. The molecule has 2 unspecified atom stereocenters. The fourth-order valence-electron chi connectivity index (χ4n) is 1.72. The van der Waals surface area contributed by atoms with Gasteiger partial charge in [-0.3, -0.25) is 4.79 Å². The summed E-state index contributed by atoms with van der Waals surface area (Å²) >= 11 is 0. The van der Waals surface area contributed by atoms with Gasteiger partial charge in [0.2, 0.25) is 5.91 Å². The standard InChI is InChI=1S/C9H13N5O4/c15-8(4-14-5-11-12-13-14)10-3-6-1-2-7(18-6)9(16)17/h5-7H,1-4H2,(H,10,15)(H,16,17). The first-order valence-electron chi connectivity index (χ1n) is 5.51. The molecule has 0 aromatic carbocycles. The van der Waals surface area contributed by atoms with Crippen molar-refractivity contribution in [3.05, 3.63) is 6.33 Å². The quantitative estimate of drug-likeness (QED) is 0.651. The van der Waals surface area contributed by atoms with Gasteiger partial charge in [0.15, 0.2) is 6.10 Å². The zero-order valence-corrected chi connectivity index (χ0v) is 9.52. The highest BCUT2D eigenvalue weighted by Crippen LogP contribution is 2.19. The number of hydrogen-bond acceptors (Lipinski definition) is 6. The largest absolute Gasteiger partial charge is 0.479 e. The van der Waals surface area contributed by atoms with Gasteiger partial charge in [-0.15, -0.1) is 5.10 Å². The topological polar surface area (TPSA) is 119 Å². The average Bonchev–Trinajstić information content (AvgIpc) is 2.96. The van der Waals surface area contributed by atoms with Crippen LogP contribution in [0.3, 0.4) is 0 Å². The fraction of sp³-hybridized carbons (Fsp3) is 0.667. The van der Waals surface area contributed by atoms with Crippen LogP contribution >= 0.6 is 0 Å². The predicted molar refractivity (Wildman–Crippen MR) is 56.4 cm³/mol. The first kappa shape index (κ1) is 12.4. The van der Waals surface area contributed by atoms with Crippen molar-refractivity contribution in [2.45, 2.75) is 31.6 Å². The highest BCUT2D eigenvalue weighted by atomic mass is 16.5. The minimum Gasteiger partial charge on any atom is -0.479 e. The summed E-state index contributed by atoms with van der Waals surface area (Å²) in [7, 11) is 0. The van der Waals surface area contributed by atoms with Gasteiger partial charge in [0.1, 0.15) is 12.9 Å². The number of carbonyl (C=O) groups is 2. The lowest BCUT2D eigenvalue weighted by Crippen LogP contribution is -2.35. The number of aliphatic carboxylic acids is 1. The van der Waals surface area contributed by atoms with Crippen LogP contribution in [0.15, 0.2) is 6.33 Å². The Labute approximate surface area is 102 Å². The molecule has 1 aliphatic rings. The summed E-state index contributed by atoms with van der Waals surface area (Å²) < 4.78 is 6.54. The minimum atomic E-state index is -0.961. The predicted octanol–water partition coefficient (Wildman–Crippen LogP) is -1.58. The molecule has 9 heteroatoms. The van der Waals surface area contributed by atoms with Gasteiger partial charge in [0.05, 0.1) is 6.10 Å². The van der Waals surface area contributed by atoms with Crippen LogP contribution in [0.5, 0.6) is 0 Å². The third-order valence-electron chi connectivity index (χ3n) is 2.61. The number of amides is 1. The van der Waals surface area contributed by atoms with E-state index in [1.54, 1.807) is 0 Å². The summed E-state index contributed by atoms with van der Waals surface area (Å²) in [5, 5.41) is 21.8. The van der Waals surface area contributed by atoms with Gasteiger partial charge in [0.25, 0.3) is 0 Å². The number of carboxylic acid groups (broad SMARTS) is 1. The third kappa shape index (κ3) is 3.23. The number of nitrogens with zero attached hydrogens (tertiary/aromatic N) is 4. The molecule has 2 heterocycles. The number of rotatable bonds is 5. The number of carboxylic acids is 1. The number of tetrazole rings is 1. The number of nitrogens with one attached hydrogen (secondary N) is 1. The van der Waals surface area contributed by atoms with Crippen LogP contribution in [-0.4, -0.2) is 55.9 Å². The second kappa shape index (κ2) is 5.54. The van der Waals surface area contributed by atoms with Crippen LogP contribution in [0.4, 0.5) is 0 Å². The number of ether oxygens (including phenoxy) is 1. The molecule has 1 aliphatic heterocycles. The molecule has 9 nitrogen and oxygen atoms in total. The lowest BCUT2D eigenvalue weighted by molar-refractivity contribution is -0.149. The average molecular weight is 255 g/mol. The van der Waals surface area contributed by atoms with E-state index in [0.717, 1.165) is 0 Å². The first-order chi connectivity index (χ1) is 8.65. The van der Waals surface area contributed by atoms with E-state index in [1.807, 2.05) is 0 Å². The van der Waals surface area contributed by atoms with Gasteiger partial charge in [-0.1, -0.05) is 0 Å². The van der Waals surface area contributed by atoms with Gasteiger partial charge < -0.3 is 15.2 Å². The Morgan fingerprint density at radius 3 is 2.94 bits per heavy atom. The van der Waals surface area contributed by atoms with E-state index in [2.05, 4.69) is 20.8 Å². The number of hydrogen-bond donors (Lipinski definition) is 2. The van der Waals surface area contributed by atoms with E-state index in [9.17, 15) is 9.59 Å². The highest BCUT2D eigenvalue weighted by Gasteiger charge is 2.30. The van der Waals surface area contributed by atoms with Crippen molar-refractivity contribution in [1.29, 1.82) is 0 Å². The zero-order valence-electron chi connectivity index (χ0n) is 9.52. The fourth-order valence-corrected chi connectivity index (χ4v) is 1.72. The molecule has 1 fully saturated rings. The lowest BCUT2D eigenvalue weighted by atomic mass is 10.2. The van der Waals surface area contributed by atoms with E-state index < -0.39 is 12.1 Å². The molecule has 0 bridgehead atoms. The number of aromatic nitrogens is 4. The van der Waals surface area contributed by atoms with Crippen LogP contribution in [0.25, 0.3) is 0 Å². The molecule has 1 aromatic heterocycles. The second-order valence-electron chi connectivity index (χ2n) is 3.97. The Morgan fingerprint density at radius 2 is 2.33 bits per heavy atom. The maximum atomic E-state index is 11.5. The van der Waals surface area contributed by atoms with Crippen LogP contribution in [0.1, 0.15) is 12.8 Å². The van der Waals surface area contributed by atoms with Crippen molar-refractivity contribution in [3.63, 3.8) is 0 Å². The molecular weight excluding hydrogens is 242 g/mol. The zero-order chi connectivity index (χ0) is 13.0. The van der Waals surface area contributed by atoms with E-state index in [0.29, 0.717) is 19.4 Å². The molecule has 2 rings (SSSR count). The van der Waals surface area contributed by atoms with Gasteiger partial charge in [-0.05, 0) is 23.3 Å². The molecule has 0 saturated carbocycles. The molecule has 0 aliphatic carbocycles. The molecule has 18 heavy (non-hydrogen) atoms. The van der Waals surface area contributed by atoms with E-state index >= 15 is 0 Å². The third-order valence-corrected chi connectivity index (χ3v) is 2.61. The summed E-state index contributed by atoms with van der Waals surface area (Å²) in [5.41, 5.74) is 0. The van der Waals surface area contributed by atoms with Crippen molar-refractivity contribution < 1.29 is 19.4 Å². The van der Waals surface area contributed by atoms with E-state index in [4.69, 9.17) is 9.84 Å². The Balaban J connectivity index is 1.69. The molecule has 0 spiro atoms.